The van der Waals surface area contributed by atoms with Crippen LogP contribution in [-0.4, -0.2) is 28.7 Å². The number of rotatable bonds is 2. The lowest BCUT2D eigenvalue weighted by atomic mass is 10.0. The molecule has 1 atom stereocenters. The van der Waals surface area contributed by atoms with E-state index in [4.69, 9.17) is 0 Å². The van der Waals surface area contributed by atoms with Gasteiger partial charge in [0.15, 0.2) is 6.54 Å². The van der Waals surface area contributed by atoms with Gasteiger partial charge in [-0.05, 0) is 18.6 Å². The molecule has 1 unspecified atom stereocenters. The van der Waals surface area contributed by atoms with Gasteiger partial charge in [-0.25, -0.2) is 0 Å². The summed E-state index contributed by atoms with van der Waals surface area (Å²) < 4.78 is 2.03. The molecule has 0 aromatic heterocycles. The van der Waals surface area contributed by atoms with Crippen molar-refractivity contribution in [1.29, 1.82) is 0 Å². The molecule has 16 heavy (non-hydrogen) atoms. The molecule has 1 saturated heterocycles. The molecule has 0 aromatic carbocycles. The first kappa shape index (κ1) is 10.9. The summed E-state index contributed by atoms with van der Waals surface area (Å²) in [5.41, 5.74) is 0.626. The number of hydrogen-bond donors (Lipinski definition) is 0. The van der Waals surface area contributed by atoms with E-state index in [-0.39, 0.29) is 6.04 Å². The van der Waals surface area contributed by atoms with Crippen molar-refractivity contribution in [2.45, 2.75) is 25.3 Å². The Morgan fingerprint density at radius 2 is 2.19 bits per heavy atom. The highest BCUT2D eigenvalue weighted by Crippen LogP contribution is 2.14. The zero-order valence-electron chi connectivity index (χ0n) is 9.21. The normalized spacial score (nSPS) is 26.2. The van der Waals surface area contributed by atoms with Crippen molar-refractivity contribution in [2.75, 3.05) is 13.1 Å². The molecule has 2 aliphatic rings. The minimum absolute atomic E-state index is 0.0612. The van der Waals surface area contributed by atoms with Gasteiger partial charge in [0.2, 0.25) is 12.6 Å². The van der Waals surface area contributed by atoms with Gasteiger partial charge in [-0.3, -0.25) is 0 Å². The molecule has 1 fully saturated rings. The van der Waals surface area contributed by atoms with Gasteiger partial charge in [0.25, 0.3) is 5.70 Å². The Bertz CT molecular complexity index is 394. The molecule has 4 heteroatoms. The monoisotopic (exact) mass is 220 g/mol. The summed E-state index contributed by atoms with van der Waals surface area (Å²) in [6.45, 7) is 0.997. The lowest BCUT2D eigenvalue weighted by Gasteiger charge is -2.09. The molecule has 2 aliphatic heterocycles. The van der Waals surface area contributed by atoms with E-state index in [1.807, 2.05) is 18.2 Å². The molecule has 0 N–H and O–H groups in total. The van der Waals surface area contributed by atoms with Crippen LogP contribution in [0.5, 0.6) is 0 Å². The molecule has 84 valence electrons. The first-order valence-electron chi connectivity index (χ1n) is 5.71. The molecular weight excluding hydrogens is 204 g/mol. The Labute approximate surface area is 94.5 Å². The Kier molecular flexibility index (Phi) is 3.39. The maximum atomic E-state index is 11.5. The number of piperidine rings is 1. The summed E-state index contributed by atoms with van der Waals surface area (Å²) in [5, 5.41) is 0. The highest BCUT2D eigenvalue weighted by molar-refractivity contribution is 5.20. The smallest absolute Gasteiger partial charge is 0.0531 e. The summed E-state index contributed by atoms with van der Waals surface area (Å²) in [6, 6.07) is -0.0612. The van der Waals surface area contributed by atoms with Crippen LogP contribution in [0.25, 0.3) is 0 Å². The maximum absolute atomic E-state index is 11.5. The summed E-state index contributed by atoms with van der Waals surface area (Å²) in [5.74, 6) is 0. The van der Waals surface area contributed by atoms with Crippen LogP contribution in [0.1, 0.15) is 19.3 Å². The van der Waals surface area contributed by atoms with E-state index in [9.17, 15) is 9.81 Å². The highest BCUT2D eigenvalue weighted by Gasteiger charge is 2.27. The molecule has 2 heterocycles. The molecular formula is C12H16N2O2+2. The van der Waals surface area contributed by atoms with Crippen molar-refractivity contribution in [1.82, 2.24) is 0 Å². The first-order valence-corrected chi connectivity index (χ1v) is 5.71. The van der Waals surface area contributed by atoms with Gasteiger partial charge < -0.3 is 0 Å². The van der Waals surface area contributed by atoms with Crippen LogP contribution < -0.4 is 0 Å². The predicted octanol–water partition coefficient (Wildman–Crippen LogP) is 2.11. The van der Waals surface area contributed by atoms with Crippen LogP contribution in [-0.2, 0) is 0 Å². The van der Waals surface area contributed by atoms with E-state index >= 15 is 0 Å². The number of hydrogen-bond acceptors (Lipinski definition) is 2. The molecule has 0 bridgehead atoms. The van der Waals surface area contributed by atoms with Crippen molar-refractivity contribution < 1.29 is 9.52 Å². The Morgan fingerprint density at radius 3 is 2.94 bits per heavy atom. The quantitative estimate of drug-likeness (QED) is 0.669. The van der Waals surface area contributed by atoms with Crippen molar-refractivity contribution >= 4 is 0 Å². The fourth-order valence-electron chi connectivity index (χ4n) is 1.98. The highest BCUT2D eigenvalue weighted by atomic mass is 16.3. The molecule has 0 radical (unpaired) electrons. The van der Waals surface area contributed by atoms with Gasteiger partial charge in [-0.15, -0.1) is 0 Å². The zero-order valence-corrected chi connectivity index (χ0v) is 9.21. The Hall–Kier alpha value is -1.58. The second-order valence-electron chi connectivity index (χ2n) is 4.14. The molecule has 2 rings (SSSR count). The van der Waals surface area contributed by atoms with Crippen LogP contribution in [0.4, 0.5) is 0 Å². The largest absolute Gasteiger partial charge is 0.256 e. The molecule has 0 amide bonds. The fraction of sp³-hybridized carbons (Fsp3) is 0.500. The summed E-state index contributed by atoms with van der Waals surface area (Å²) in [7, 11) is 0. The second-order valence-corrected chi connectivity index (χ2v) is 4.14. The lowest BCUT2D eigenvalue weighted by molar-refractivity contribution is -0.584. The maximum Gasteiger partial charge on any atom is 0.256 e. The van der Waals surface area contributed by atoms with Gasteiger partial charge in [-0.2, -0.15) is 0 Å². The lowest BCUT2D eigenvalue weighted by Crippen LogP contribution is -2.27. The topological polar surface area (TPSA) is 40.2 Å². The average Bonchev–Trinajstić information content (AvgIpc) is 2.30. The van der Waals surface area contributed by atoms with Crippen molar-refractivity contribution in [2.24, 2.45) is 0 Å². The minimum Gasteiger partial charge on any atom is -0.0531 e. The molecule has 0 aromatic rings. The molecule has 4 nitrogen and oxygen atoms in total. The van der Waals surface area contributed by atoms with Crippen LogP contribution in [0.3, 0.4) is 0 Å². The van der Waals surface area contributed by atoms with Crippen molar-refractivity contribution in [3.63, 3.8) is 0 Å². The average molecular weight is 220 g/mol. The van der Waals surface area contributed by atoms with Gasteiger partial charge >= 0.3 is 0 Å². The van der Waals surface area contributed by atoms with Crippen LogP contribution in [0.15, 0.2) is 36.1 Å². The SMILES string of the molecule is O=[N+]1CC=CC=C1/C=C/C1CCCC[N+]1=O. The third kappa shape index (κ3) is 2.51. The third-order valence-electron chi connectivity index (χ3n) is 2.95. The Balaban J connectivity index is 2.02. The van der Waals surface area contributed by atoms with Crippen molar-refractivity contribution in [3.05, 3.63) is 45.9 Å². The van der Waals surface area contributed by atoms with E-state index in [1.165, 1.54) is 0 Å². The molecule has 0 saturated carbocycles. The van der Waals surface area contributed by atoms with Gasteiger partial charge in [0, 0.05) is 44.3 Å². The van der Waals surface area contributed by atoms with Gasteiger partial charge in [0.1, 0.15) is 0 Å². The Morgan fingerprint density at radius 1 is 1.31 bits per heavy atom. The van der Waals surface area contributed by atoms with Crippen LogP contribution in [0, 0.1) is 9.81 Å². The zero-order chi connectivity index (χ0) is 11.4. The van der Waals surface area contributed by atoms with E-state index in [1.54, 1.807) is 12.2 Å². The van der Waals surface area contributed by atoms with E-state index in [0.717, 1.165) is 28.8 Å². The minimum atomic E-state index is -0.0612. The number of allylic oxidation sites excluding steroid dienone is 3. The summed E-state index contributed by atoms with van der Waals surface area (Å²) >= 11 is 0. The molecule has 0 spiro atoms. The van der Waals surface area contributed by atoms with Crippen molar-refractivity contribution in [3.8, 4) is 0 Å². The van der Waals surface area contributed by atoms with Gasteiger partial charge in [-0.1, -0.05) is 6.08 Å². The number of nitrogens with zero attached hydrogens (tertiary/aromatic N) is 2. The second kappa shape index (κ2) is 4.96. The van der Waals surface area contributed by atoms with Crippen LogP contribution >= 0.6 is 0 Å². The third-order valence-corrected chi connectivity index (χ3v) is 2.95. The number of nitroso groups, excluding NO2 is 2. The standard InChI is InChI=1S/C12H16N2O2/c15-13-9-3-1-5-11(13)7-8-12-6-2-4-10-14(12)16/h1,3,5,7-8,12H,2,4,6,9-10H2/q+2/b8-7+. The fourth-order valence-corrected chi connectivity index (χ4v) is 1.98. The van der Waals surface area contributed by atoms with Gasteiger partial charge in [0.05, 0.1) is 0 Å². The molecule has 0 aliphatic carbocycles. The van der Waals surface area contributed by atoms with E-state index in [2.05, 4.69) is 0 Å². The van der Waals surface area contributed by atoms with E-state index < -0.39 is 0 Å². The summed E-state index contributed by atoms with van der Waals surface area (Å²) in [6.07, 6.45) is 12.0. The van der Waals surface area contributed by atoms with Crippen LogP contribution in [0.2, 0.25) is 0 Å². The predicted molar refractivity (Wildman–Crippen MR) is 61.0 cm³/mol. The van der Waals surface area contributed by atoms with E-state index in [0.29, 0.717) is 18.8 Å². The first-order chi connectivity index (χ1) is 7.77. The summed E-state index contributed by atoms with van der Waals surface area (Å²) in [4.78, 5) is 22.9.